The van der Waals surface area contributed by atoms with Gasteiger partial charge < -0.3 is 10.1 Å². The van der Waals surface area contributed by atoms with Gasteiger partial charge >= 0.3 is 0 Å². The SMILES string of the molecule is O=C(COc1ccccc1F)NCCc1cccc2cccnc12. The fraction of sp³-hybridized carbons (Fsp3) is 0.158. The fourth-order valence-corrected chi connectivity index (χ4v) is 2.46. The number of halogens is 1. The molecule has 1 aromatic heterocycles. The van der Waals surface area contributed by atoms with Crippen molar-refractivity contribution < 1.29 is 13.9 Å². The maximum atomic E-state index is 13.4. The third-order valence-electron chi connectivity index (χ3n) is 3.63. The number of amides is 1. The second-order valence-corrected chi connectivity index (χ2v) is 5.31. The van der Waals surface area contributed by atoms with E-state index in [4.69, 9.17) is 4.74 Å². The Labute approximate surface area is 139 Å². The summed E-state index contributed by atoms with van der Waals surface area (Å²) in [6.07, 6.45) is 2.42. The van der Waals surface area contributed by atoms with E-state index in [0.717, 1.165) is 16.5 Å². The van der Waals surface area contributed by atoms with E-state index in [1.165, 1.54) is 12.1 Å². The lowest BCUT2D eigenvalue weighted by atomic mass is 10.1. The van der Waals surface area contributed by atoms with Gasteiger partial charge in [0.05, 0.1) is 5.52 Å². The van der Waals surface area contributed by atoms with Crippen molar-refractivity contribution in [3.8, 4) is 5.75 Å². The Kier molecular flexibility index (Phi) is 5.01. The van der Waals surface area contributed by atoms with Gasteiger partial charge in [-0.15, -0.1) is 0 Å². The van der Waals surface area contributed by atoms with Crippen LogP contribution in [0.25, 0.3) is 10.9 Å². The molecule has 3 aromatic rings. The molecular weight excluding hydrogens is 307 g/mol. The van der Waals surface area contributed by atoms with Gasteiger partial charge in [0.15, 0.2) is 18.2 Å². The number of ether oxygens (including phenoxy) is 1. The molecule has 3 rings (SSSR count). The molecule has 24 heavy (non-hydrogen) atoms. The lowest BCUT2D eigenvalue weighted by Gasteiger charge is -2.09. The van der Waals surface area contributed by atoms with Crippen LogP contribution < -0.4 is 10.1 Å². The van der Waals surface area contributed by atoms with Crippen molar-refractivity contribution in [3.05, 3.63) is 72.2 Å². The molecule has 0 aliphatic rings. The predicted molar refractivity (Wildman–Crippen MR) is 90.4 cm³/mol. The minimum Gasteiger partial charge on any atom is -0.481 e. The van der Waals surface area contributed by atoms with E-state index in [2.05, 4.69) is 10.3 Å². The fourth-order valence-electron chi connectivity index (χ4n) is 2.46. The van der Waals surface area contributed by atoms with Crippen LogP contribution in [0.15, 0.2) is 60.8 Å². The average molecular weight is 324 g/mol. The second kappa shape index (κ2) is 7.55. The number of aromatic nitrogens is 1. The molecule has 0 saturated heterocycles. The van der Waals surface area contributed by atoms with Crippen LogP contribution >= 0.6 is 0 Å². The zero-order valence-corrected chi connectivity index (χ0v) is 13.0. The van der Waals surface area contributed by atoms with Gasteiger partial charge in [-0.25, -0.2) is 4.39 Å². The molecule has 2 aromatic carbocycles. The summed E-state index contributed by atoms with van der Waals surface area (Å²) in [7, 11) is 0. The Morgan fingerprint density at radius 1 is 1.08 bits per heavy atom. The van der Waals surface area contributed by atoms with Crippen molar-refractivity contribution in [1.82, 2.24) is 10.3 Å². The van der Waals surface area contributed by atoms with Crippen molar-refractivity contribution in [2.45, 2.75) is 6.42 Å². The summed E-state index contributed by atoms with van der Waals surface area (Å²) < 4.78 is 18.6. The van der Waals surface area contributed by atoms with Crippen molar-refractivity contribution >= 4 is 16.8 Å². The molecule has 0 spiro atoms. The van der Waals surface area contributed by atoms with E-state index in [-0.39, 0.29) is 18.3 Å². The van der Waals surface area contributed by atoms with E-state index >= 15 is 0 Å². The maximum Gasteiger partial charge on any atom is 0.257 e. The summed E-state index contributed by atoms with van der Waals surface area (Å²) in [5.41, 5.74) is 2.01. The molecule has 0 unspecified atom stereocenters. The van der Waals surface area contributed by atoms with E-state index in [9.17, 15) is 9.18 Å². The van der Waals surface area contributed by atoms with Gasteiger partial charge in [0.1, 0.15) is 0 Å². The Bertz CT molecular complexity index is 846. The summed E-state index contributed by atoms with van der Waals surface area (Å²) >= 11 is 0. The van der Waals surface area contributed by atoms with Gasteiger partial charge in [0.25, 0.3) is 5.91 Å². The predicted octanol–water partition coefficient (Wildman–Crippen LogP) is 3.11. The Morgan fingerprint density at radius 2 is 1.92 bits per heavy atom. The highest BCUT2D eigenvalue weighted by Crippen LogP contribution is 2.16. The number of hydrogen-bond acceptors (Lipinski definition) is 3. The largest absolute Gasteiger partial charge is 0.481 e. The van der Waals surface area contributed by atoms with Gasteiger partial charge in [-0.1, -0.05) is 36.4 Å². The van der Waals surface area contributed by atoms with Crippen LogP contribution in [0.3, 0.4) is 0 Å². The highest BCUT2D eigenvalue weighted by atomic mass is 19.1. The highest BCUT2D eigenvalue weighted by molar-refractivity contribution is 5.81. The van der Waals surface area contributed by atoms with Crippen molar-refractivity contribution in [2.24, 2.45) is 0 Å². The van der Waals surface area contributed by atoms with E-state index in [0.29, 0.717) is 13.0 Å². The Balaban J connectivity index is 1.51. The number of benzene rings is 2. The zero-order chi connectivity index (χ0) is 16.8. The molecular formula is C19H17FN2O2. The minimum absolute atomic E-state index is 0.0749. The zero-order valence-electron chi connectivity index (χ0n) is 13.0. The van der Waals surface area contributed by atoms with Crippen LogP contribution in [0, 0.1) is 5.82 Å². The molecule has 0 atom stereocenters. The second-order valence-electron chi connectivity index (χ2n) is 5.31. The van der Waals surface area contributed by atoms with Gasteiger partial charge in [-0.3, -0.25) is 9.78 Å². The maximum absolute atomic E-state index is 13.4. The van der Waals surface area contributed by atoms with Gasteiger partial charge in [0, 0.05) is 18.1 Å². The van der Waals surface area contributed by atoms with Crippen molar-refractivity contribution in [1.29, 1.82) is 0 Å². The number of carbonyl (C=O) groups excluding carboxylic acids is 1. The quantitative estimate of drug-likeness (QED) is 0.758. The van der Waals surface area contributed by atoms with Crippen LogP contribution in [0.1, 0.15) is 5.56 Å². The molecule has 0 aliphatic carbocycles. The van der Waals surface area contributed by atoms with Crippen LogP contribution in [0.5, 0.6) is 5.75 Å². The monoisotopic (exact) mass is 324 g/mol. The van der Waals surface area contributed by atoms with E-state index < -0.39 is 5.82 Å². The van der Waals surface area contributed by atoms with Gasteiger partial charge in [-0.05, 0) is 30.2 Å². The smallest absolute Gasteiger partial charge is 0.257 e. The van der Waals surface area contributed by atoms with E-state index in [1.807, 2.05) is 30.3 Å². The minimum atomic E-state index is -0.480. The van der Waals surface area contributed by atoms with Crippen LogP contribution in [-0.2, 0) is 11.2 Å². The molecule has 5 heteroatoms. The Hall–Kier alpha value is -2.95. The molecule has 4 nitrogen and oxygen atoms in total. The summed E-state index contributed by atoms with van der Waals surface area (Å²) in [4.78, 5) is 16.2. The number of hydrogen-bond donors (Lipinski definition) is 1. The van der Waals surface area contributed by atoms with Crippen LogP contribution in [0.2, 0.25) is 0 Å². The number of nitrogens with zero attached hydrogens (tertiary/aromatic N) is 1. The summed E-state index contributed by atoms with van der Waals surface area (Å²) in [6, 6.07) is 15.9. The summed E-state index contributed by atoms with van der Waals surface area (Å²) in [5, 5.41) is 3.84. The lowest BCUT2D eigenvalue weighted by Crippen LogP contribution is -2.30. The first kappa shape index (κ1) is 15.9. The molecule has 0 radical (unpaired) electrons. The number of rotatable bonds is 6. The molecule has 1 amide bonds. The van der Waals surface area contributed by atoms with Gasteiger partial charge in [-0.2, -0.15) is 0 Å². The molecule has 1 N–H and O–H groups in total. The van der Waals surface area contributed by atoms with E-state index in [1.54, 1.807) is 18.3 Å². The molecule has 122 valence electrons. The summed E-state index contributed by atoms with van der Waals surface area (Å²) in [6.45, 7) is 0.254. The standard InChI is InChI=1S/C19H17FN2O2/c20-16-8-1-2-9-17(16)24-13-18(23)21-12-10-15-6-3-5-14-7-4-11-22-19(14)15/h1-9,11H,10,12-13H2,(H,21,23). The molecule has 0 saturated carbocycles. The van der Waals surface area contributed by atoms with Crippen molar-refractivity contribution in [3.63, 3.8) is 0 Å². The number of para-hydroxylation sites is 2. The summed E-state index contributed by atoms with van der Waals surface area (Å²) in [5.74, 6) is -0.690. The highest BCUT2D eigenvalue weighted by Gasteiger charge is 2.07. The molecule has 0 bridgehead atoms. The lowest BCUT2D eigenvalue weighted by molar-refractivity contribution is -0.123. The van der Waals surface area contributed by atoms with Crippen LogP contribution in [0.4, 0.5) is 4.39 Å². The third kappa shape index (κ3) is 3.87. The van der Waals surface area contributed by atoms with Crippen LogP contribution in [-0.4, -0.2) is 24.0 Å². The van der Waals surface area contributed by atoms with Gasteiger partial charge in [0.2, 0.25) is 0 Å². The number of fused-ring (bicyclic) bond motifs is 1. The first-order valence-corrected chi connectivity index (χ1v) is 7.71. The first-order valence-electron chi connectivity index (χ1n) is 7.71. The molecule has 0 aliphatic heterocycles. The number of pyridine rings is 1. The molecule has 1 heterocycles. The topological polar surface area (TPSA) is 51.2 Å². The number of carbonyl (C=O) groups is 1. The van der Waals surface area contributed by atoms with Crippen molar-refractivity contribution in [2.75, 3.05) is 13.2 Å². The number of nitrogens with one attached hydrogen (secondary N) is 1. The third-order valence-corrected chi connectivity index (χ3v) is 3.63. The first-order chi connectivity index (χ1) is 11.7. The average Bonchev–Trinajstić information content (AvgIpc) is 2.61. The normalized spacial score (nSPS) is 10.5. The Morgan fingerprint density at radius 3 is 2.79 bits per heavy atom. The molecule has 0 fully saturated rings.